The number of ether oxygens (including phenoxy) is 1. The highest BCUT2D eigenvalue weighted by atomic mass is 16.5. The highest BCUT2D eigenvalue weighted by Gasteiger charge is 2.08. The maximum atomic E-state index is 12.1. The minimum Gasteiger partial charge on any atom is -0.494 e. The van der Waals surface area contributed by atoms with Crippen molar-refractivity contribution in [2.75, 3.05) is 11.9 Å². The molecular formula is C18H19N5O2. The number of carbonyl (C=O) groups is 1. The summed E-state index contributed by atoms with van der Waals surface area (Å²) in [4.78, 5) is 12.1. The van der Waals surface area contributed by atoms with E-state index < -0.39 is 0 Å². The smallest absolute Gasteiger partial charge is 0.224 e. The maximum Gasteiger partial charge on any atom is 0.224 e. The molecule has 3 rings (SSSR count). The Morgan fingerprint density at radius 3 is 2.76 bits per heavy atom. The van der Waals surface area contributed by atoms with Gasteiger partial charge in [0, 0.05) is 24.7 Å². The van der Waals surface area contributed by atoms with Gasteiger partial charge >= 0.3 is 0 Å². The van der Waals surface area contributed by atoms with Crippen LogP contribution < -0.4 is 10.1 Å². The van der Waals surface area contributed by atoms with E-state index in [-0.39, 0.29) is 5.91 Å². The van der Waals surface area contributed by atoms with E-state index in [1.807, 2.05) is 54.6 Å². The molecule has 1 heterocycles. The Kier molecular flexibility index (Phi) is 5.36. The van der Waals surface area contributed by atoms with Gasteiger partial charge in [-0.15, -0.1) is 5.10 Å². The number of benzene rings is 2. The Hall–Kier alpha value is -3.22. The zero-order chi connectivity index (χ0) is 17.5. The molecule has 7 nitrogen and oxygen atoms in total. The predicted octanol–water partition coefficient (Wildman–Crippen LogP) is 2.67. The molecule has 3 aromatic rings. The van der Waals surface area contributed by atoms with E-state index in [2.05, 4.69) is 20.8 Å². The van der Waals surface area contributed by atoms with Gasteiger partial charge in [-0.2, -0.15) is 0 Å². The SMILES string of the molecule is Cn1nnnc1-c1cccc(NC(=O)CCCOc2ccccc2)c1. The Morgan fingerprint density at radius 2 is 2.00 bits per heavy atom. The number of tetrazole rings is 1. The first-order chi connectivity index (χ1) is 12.2. The summed E-state index contributed by atoms with van der Waals surface area (Å²) in [6.07, 6.45) is 1.04. The molecule has 128 valence electrons. The van der Waals surface area contributed by atoms with Crippen LogP contribution in [0.25, 0.3) is 11.4 Å². The van der Waals surface area contributed by atoms with E-state index in [1.54, 1.807) is 11.7 Å². The second-order valence-corrected chi connectivity index (χ2v) is 5.52. The van der Waals surface area contributed by atoms with Gasteiger partial charge < -0.3 is 10.1 Å². The molecule has 1 N–H and O–H groups in total. The summed E-state index contributed by atoms with van der Waals surface area (Å²) in [5, 5.41) is 14.3. The van der Waals surface area contributed by atoms with E-state index >= 15 is 0 Å². The fraction of sp³-hybridized carbons (Fsp3) is 0.222. The number of nitrogens with one attached hydrogen (secondary N) is 1. The molecule has 1 amide bonds. The summed E-state index contributed by atoms with van der Waals surface area (Å²) in [7, 11) is 1.77. The summed E-state index contributed by atoms with van der Waals surface area (Å²) < 4.78 is 7.17. The molecule has 0 aliphatic carbocycles. The van der Waals surface area contributed by atoms with Crippen LogP contribution in [0.4, 0.5) is 5.69 Å². The van der Waals surface area contributed by atoms with Crippen molar-refractivity contribution in [2.24, 2.45) is 7.05 Å². The van der Waals surface area contributed by atoms with Gasteiger partial charge in [0.2, 0.25) is 5.91 Å². The van der Waals surface area contributed by atoms with Crippen LogP contribution in [-0.4, -0.2) is 32.7 Å². The molecule has 0 fully saturated rings. The predicted molar refractivity (Wildman–Crippen MR) is 94.0 cm³/mol. The third kappa shape index (κ3) is 4.63. The van der Waals surface area contributed by atoms with Gasteiger partial charge in [0.1, 0.15) is 5.75 Å². The zero-order valence-corrected chi connectivity index (χ0v) is 13.9. The Morgan fingerprint density at radius 1 is 1.16 bits per heavy atom. The summed E-state index contributed by atoms with van der Waals surface area (Å²) in [5.41, 5.74) is 1.56. The lowest BCUT2D eigenvalue weighted by atomic mass is 10.2. The molecule has 7 heteroatoms. The number of amides is 1. The Bertz CT molecular complexity index is 832. The van der Waals surface area contributed by atoms with Crippen LogP contribution in [0.15, 0.2) is 54.6 Å². The first kappa shape index (κ1) is 16.6. The molecule has 0 atom stereocenters. The standard InChI is InChI=1S/C18H19N5O2/c1-23-18(20-21-22-23)14-7-5-8-15(13-14)19-17(24)11-6-12-25-16-9-3-2-4-10-16/h2-5,7-10,13H,6,11-12H2,1H3,(H,19,24). The molecule has 0 saturated heterocycles. The molecular weight excluding hydrogens is 318 g/mol. The summed E-state index contributed by atoms with van der Waals surface area (Å²) >= 11 is 0. The maximum absolute atomic E-state index is 12.1. The van der Waals surface area contributed by atoms with Crippen LogP contribution >= 0.6 is 0 Å². The van der Waals surface area contributed by atoms with Gasteiger partial charge in [-0.05, 0) is 41.1 Å². The van der Waals surface area contributed by atoms with Crippen molar-refractivity contribution >= 4 is 11.6 Å². The summed E-state index contributed by atoms with van der Waals surface area (Å²) in [6.45, 7) is 0.502. The van der Waals surface area contributed by atoms with Crippen LogP contribution in [0.3, 0.4) is 0 Å². The first-order valence-corrected chi connectivity index (χ1v) is 8.03. The molecule has 2 aromatic carbocycles. The van der Waals surface area contributed by atoms with Crippen molar-refractivity contribution in [1.29, 1.82) is 0 Å². The first-order valence-electron chi connectivity index (χ1n) is 8.03. The molecule has 0 spiro atoms. The number of aryl methyl sites for hydroxylation is 1. The van der Waals surface area contributed by atoms with Crippen LogP contribution in [0, 0.1) is 0 Å². The molecule has 0 unspecified atom stereocenters. The number of aromatic nitrogens is 4. The monoisotopic (exact) mass is 337 g/mol. The van der Waals surface area contributed by atoms with Gasteiger partial charge in [-0.1, -0.05) is 30.3 Å². The van der Waals surface area contributed by atoms with Gasteiger partial charge in [-0.25, -0.2) is 4.68 Å². The highest BCUT2D eigenvalue weighted by Crippen LogP contribution is 2.19. The summed E-state index contributed by atoms with van der Waals surface area (Å²) in [6, 6.07) is 17.0. The lowest BCUT2D eigenvalue weighted by Crippen LogP contribution is -2.12. The lowest BCUT2D eigenvalue weighted by Gasteiger charge is -2.08. The minimum absolute atomic E-state index is 0.0510. The number of carbonyl (C=O) groups excluding carboxylic acids is 1. The Labute approximate surface area is 145 Å². The summed E-state index contributed by atoms with van der Waals surface area (Å²) in [5.74, 6) is 1.41. The number of anilines is 1. The van der Waals surface area contributed by atoms with Crippen molar-refractivity contribution in [2.45, 2.75) is 12.8 Å². The number of hydrogen-bond donors (Lipinski definition) is 1. The quantitative estimate of drug-likeness (QED) is 0.670. The van der Waals surface area contributed by atoms with Crippen molar-refractivity contribution in [3.05, 3.63) is 54.6 Å². The van der Waals surface area contributed by atoms with E-state index in [0.29, 0.717) is 25.3 Å². The third-order valence-electron chi connectivity index (χ3n) is 3.58. The van der Waals surface area contributed by atoms with Crippen LogP contribution in [0.1, 0.15) is 12.8 Å². The zero-order valence-electron chi connectivity index (χ0n) is 13.9. The van der Waals surface area contributed by atoms with Gasteiger partial charge in [0.05, 0.1) is 6.61 Å². The number of para-hydroxylation sites is 1. The highest BCUT2D eigenvalue weighted by molar-refractivity contribution is 5.91. The molecule has 0 aliphatic rings. The van der Waals surface area contributed by atoms with Gasteiger partial charge in [0.15, 0.2) is 5.82 Å². The average Bonchev–Trinajstić information content (AvgIpc) is 3.06. The topological polar surface area (TPSA) is 81.9 Å². The van der Waals surface area contributed by atoms with Crippen LogP contribution in [-0.2, 0) is 11.8 Å². The van der Waals surface area contributed by atoms with E-state index in [9.17, 15) is 4.79 Å². The fourth-order valence-electron chi connectivity index (χ4n) is 2.37. The molecule has 0 saturated carbocycles. The van der Waals surface area contributed by atoms with Gasteiger partial charge in [0.25, 0.3) is 0 Å². The number of rotatable bonds is 7. The second kappa shape index (κ2) is 8.05. The number of hydrogen-bond acceptors (Lipinski definition) is 5. The minimum atomic E-state index is -0.0510. The number of nitrogens with zero attached hydrogens (tertiary/aromatic N) is 4. The van der Waals surface area contributed by atoms with E-state index in [0.717, 1.165) is 17.0 Å². The molecule has 0 aliphatic heterocycles. The normalized spacial score (nSPS) is 10.4. The second-order valence-electron chi connectivity index (χ2n) is 5.52. The Balaban J connectivity index is 1.49. The molecule has 0 bridgehead atoms. The van der Waals surface area contributed by atoms with E-state index in [1.165, 1.54) is 0 Å². The van der Waals surface area contributed by atoms with Gasteiger partial charge in [-0.3, -0.25) is 4.79 Å². The van der Waals surface area contributed by atoms with E-state index in [4.69, 9.17) is 4.74 Å². The van der Waals surface area contributed by atoms with Crippen molar-refractivity contribution in [3.63, 3.8) is 0 Å². The van der Waals surface area contributed by atoms with Crippen molar-refractivity contribution < 1.29 is 9.53 Å². The van der Waals surface area contributed by atoms with Crippen LogP contribution in [0.5, 0.6) is 5.75 Å². The van der Waals surface area contributed by atoms with Crippen molar-refractivity contribution in [3.8, 4) is 17.1 Å². The fourth-order valence-corrected chi connectivity index (χ4v) is 2.37. The molecule has 1 aromatic heterocycles. The molecule has 25 heavy (non-hydrogen) atoms. The lowest BCUT2D eigenvalue weighted by molar-refractivity contribution is -0.116. The van der Waals surface area contributed by atoms with Crippen molar-refractivity contribution in [1.82, 2.24) is 20.2 Å². The molecule has 0 radical (unpaired) electrons. The average molecular weight is 337 g/mol. The largest absolute Gasteiger partial charge is 0.494 e. The van der Waals surface area contributed by atoms with Crippen LogP contribution in [0.2, 0.25) is 0 Å². The third-order valence-corrected chi connectivity index (χ3v) is 3.58.